The molecule has 2 heterocycles. The van der Waals surface area contributed by atoms with Gasteiger partial charge in [0.15, 0.2) is 0 Å². The Morgan fingerprint density at radius 3 is 2.45 bits per heavy atom. The Bertz CT molecular complexity index is 441. The summed E-state index contributed by atoms with van der Waals surface area (Å²) in [5.41, 5.74) is 7.78. The van der Waals surface area contributed by atoms with Crippen LogP contribution in [0.2, 0.25) is 0 Å². The average molecular weight is 302 g/mol. The van der Waals surface area contributed by atoms with Crippen LogP contribution in [0.4, 0.5) is 5.69 Å². The molecule has 1 spiro atoms. The molecule has 1 aliphatic carbocycles. The largest absolute Gasteiger partial charge is 0.371 e. The molecule has 1 aromatic heterocycles. The van der Waals surface area contributed by atoms with E-state index in [2.05, 4.69) is 34.3 Å². The summed E-state index contributed by atoms with van der Waals surface area (Å²) in [4.78, 5) is 6.64. The van der Waals surface area contributed by atoms with Crippen molar-refractivity contribution in [2.45, 2.75) is 57.5 Å². The van der Waals surface area contributed by atoms with Gasteiger partial charge >= 0.3 is 0 Å². The molecule has 0 amide bonds. The molecular formula is C18H30N4. The third-order valence-corrected chi connectivity index (χ3v) is 5.63. The molecule has 3 rings (SSSR count). The zero-order chi connectivity index (χ0) is 15.4. The van der Waals surface area contributed by atoms with Crippen molar-refractivity contribution in [3.63, 3.8) is 0 Å². The Kier molecular flexibility index (Phi) is 4.99. The quantitative estimate of drug-likeness (QED) is 0.897. The molecule has 1 saturated carbocycles. The van der Waals surface area contributed by atoms with Crippen LogP contribution in [0, 0.1) is 5.41 Å². The smallest absolute Gasteiger partial charge is 0.0397 e. The number of hydrogen-bond acceptors (Lipinski definition) is 4. The Hall–Kier alpha value is -1.13. The van der Waals surface area contributed by atoms with E-state index in [-0.39, 0.29) is 6.04 Å². The zero-order valence-corrected chi connectivity index (χ0v) is 13.8. The maximum Gasteiger partial charge on any atom is 0.0397 e. The van der Waals surface area contributed by atoms with E-state index in [4.69, 9.17) is 5.73 Å². The van der Waals surface area contributed by atoms with E-state index in [1.54, 1.807) is 0 Å². The van der Waals surface area contributed by atoms with Gasteiger partial charge in [-0.25, -0.2) is 0 Å². The fraction of sp³-hybridized carbons (Fsp3) is 0.722. The normalized spacial score (nSPS) is 23.6. The summed E-state index contributed by atoms with van der Waals surface area (Å²) in [7, 11) is 0. The topological polar surface area (TPSA) is 54.2 Å². The minimum Gasteiger partial charge on any atom is -0.371 e. The Labute approximate surface area is 134 Å². The lowest BCUT2D eigenvalue weighted by Gasteiger charge is -2.46. The van der Waals surface area contributed by atoms with Crippen LogP contribution in [0.1, 0.15) is 45.4 Å². The molecule has 0 aromatic carbocycles. The van der Waals surface area contributed by atoms with Crippen LogP contribution in [-0.2, 0) is 0 Å². The maximum atomic E-state index is 5.84. The highest BCUT2D eigenvalue weighted by Gasteiger charge is 2.37. The van der Waals surface area contributed by atoms with E-state index in [9.17, 15) is 0 Å². The van der Waals surface area contributed by atoms with Gasteiger partial charge in [-0.05, 0) is 63.0 Å². The van der Waals surface area contributed by atoms with Crippen LogP contribution in [-0.4, -0.2) is 36.7 Å². The monoisotopic (exact) mass is 302 g/mol. The van der Waals surface area contributed by atoms with E-state index in [1.807, 2.05) is 12.4 Å². The van der Waals surface area contributed by atoms with Gasteiger partial charge in [0, 0.05) is 49.8 Å². The summed E-state index contributed by atoms with van der Waals surface area (Å²) in [6, 6.07) is 5.22. The highest BCUT2D eigenvalue weighted by Crippen LogP contribution is 2.45. The number of pyridine rings is 1. The first-order chi connectivity index (χ1) is 10.7. The molecule has 22 heavy (non-hydrogen) atoms. The lowest BCUT2D eigenvalue weighted by atomic mass is 9.67. The molecule has 2 aliphatic rings. The molecule has 0 radical (unpaired) electrons. The second-order valence-corrected chi connectivity index (χ2v) is 7.35. The summed E-state index contributed by atoms with van der Waals surface area (Å²) in [6.07, 6.45) is 11.9. The second kappa shape index (κ2) is 6.97. The third-order valence-electron chi connectivity index (χ3n) is 5.63. The van der Waals surface area contributed by atoms with Crippen LogP contribution in [0.25, 0.3) is 0 Å². The number of nitrogens with two attached hydrogens (primary N) is 1. The molecule has 4 nitrogen and oxygen atoms in total. The van der Waals surface area contributed by atoms with Gasteiger partial charge in [0.2, 0.25) is 0 Å². The molecule has 122 valence electrons. The van der Waals surface area contributed by atoms with Gasteiger partial charge in [-0.15, -0.1) is 0 Å². The van der Waals surface area contributed by atoms with Gasteiger partial charge in [-0.1, -0.05) is 0 Å². The predicted octanol–water partition coefficient (Wildman–Crippen LogP) is 2.55. The van der Waals surface area contributed by atoms with E-state index >= 15 is 0 Å². The first kappa shape index (κ1) is 15.8. The Balaban J connectivity index is 1.47. The number of nitrogens with zero attached hydrogens (tertiary/aromatic N) is 2. The predicted molar refractivity (Wildman–Crippen MR) is 92.0 cm³/mol. The van der Waals surface area contributed by atoms with E-state index in [1.165, 1.54) is 57.3 Å². The summed E-state index contributed by atoms with van der Waals surface area (Å²) in [6.45, 7) is 5.42. The first-order valence-electron chi connectivity index (χ1n) is 8.81. The number of hydrogen-bond donors (Lipinski definition) is 2. The molecular weight excluding hydrogens is 272 g/mol. The Morgan fingerprint density at radius 1 is 1.23 bits per heavy atom. The highest BCUT2D eigenvalue weighted by atomic mass is 15.1. The molecule has 0 bridgehead atoms. The summed E-state index contributed by atoms with van der Waals surface area (Å²) in [5.74, 6) is 0. The number of nitrogens with one attached hydrogen (secondary N) is 1. The average Bonchev–Trinajstić information content (AvgIpc) is 2.56. The standard InChI is InChI=1S/C18H30N4/c1-15(19)14-21-16-2-6-18(7-3-16)8-12-22(13-9-18)17-4-10-20-11-5-17/h4-5,10-11,15-16,21H,2-3,6-9,12-14,19H2,1H3. The lowest BCUT2D eigenvalue weighted by Crippen LogP contribution is -2.46. The summed E-state index contributed by atoms with van der Waals surface area (Å²) in [5, 5.41) is 3.64. The number of piperidine rings is 1. The second-order valence-electron chi connectivity index (χ2n) is 7.35. The fourth-order valence-corrected chi connectivity index (χ4v) is 4.08. The van der Waals surface area contributed by atoms with Gasteiger partial charge in [0.25, 0.3) is 0 Å². The minimum atomic E-state index is 0.263. The molecule has 1 unspecified atom stereocenters. The number of aromatic nitrogens is 1. The number of anilines is 1. The molecule has 1 saturated heterocycles. The zero-order valence-electron chi connectivity index (χ0n) is 13.8. The van der Waals surface area contributed by atoms with E-state index in [0.717, 1.165) is 6.54 Å². The maximum absolute atomic E-state index is 5.84. The van der Waals surface area contributed by atoms with Gasteiger partial charge in [-0.2, -0.15) is 0 Å². The molecule has 2 fully saturated rings. The van der Waals surface area contributed by atoms with Crippen LogP contribution in [0.3, 0.4) is 0 Å². The van der Waals surface area contributed by atoms with Crippen molar-refractivity contribution in [2.24, 2.45) is 11.1 Å². The van der Waals surface area contributed by atoms with Crippen molar-refractivity contribution in [1.29, 1.82) is 0 Å². The van der Waals surface area contributed by atoms with Gasteiger partial charge in [-0.3, -0.25) is 4.98 Å². The molecule has 1 aliphatic heterocycles. The van der Waals surface area contributed by atoms with Crippen molar-refractivity contribution in [3.8, 4) is 0 Å². The van der Waals surface area contributed by atoms with Crippen molar-refractivity contribution in [3.05, 3.63) is 24.5 Å². The van der Waals surface area contributed by atoms with Gasteiger partial charge in [0.05, 0.1) is 0 Å². The Morgan fingerprint density at radius 2 is 1.86 bits per heavy atom. The molecule has 3 N–H and O–H groups in total. The SMILES string of the molecule is CC(N)CNC1CCC2(CC1)CCN(c1ccncc1)CC2. The minimum absolute atomic E-state index is 0.263. The first-order valence-corrected chi connectivity index (χ1v) is 8.81. The van der Waals surface area contributed by atoms with Crippen LogP contribution >= 0.6 is 0 Å². The van der Waals surface area contributed by atoms with Crippen molar-refractivity contribution in [2.75, 3.05) is 24.5 Å². The third kappa shape index (κ3) is 3.79. The summed E-state index contributed by atoms with van der Waals surface area (Å²) < 4.78 is 0. The van der Waals surface area contributed by atoms with E-state index < -0.39 is 0 Å². The van der Waals surface area contributed by atoms with Crippen LogP contribution in [0.15, 0.2) is 24.5 Å². The van der Waals surface area contributed by atoms with Crippen molar-refractivity contribution >= 4 is 5.69 Å². The molecule has 1 atom stereocenters. The fourth-order valence-electron chi connectivity index (χ4n) is 4.08. The highest BCUT2D eigenvalue weighted by molar-refractivity contribution is 5.45. The van der Waals surface area contributed by atoms with E-state index in [0.29, 0.717) is 11.5 Å². The van der Waals surface area contributed by atoms with Crippen molar-refractivity contribution in [1.82, 2.24) is 10.3 Å². The van der Waals surface area contributed by atoms with Crippen molar-refractivity contribution < 1.29 is 0 Å². The summed E-state index contributed by atoms with van der Waals surface area (Å²) >= 11 is 0. The number of rotatable bonds is 4. The van der Waals surface area contributed by atoms with Crippen LogP contribution in [0.5, 0.6) is 0 Å². The van der Waals surface area contributed by atoms with Crippen LogP contribution < -0.4 is 16.0 Å². The molecule has 1 aromatic rings. The lowest BCUT2D eigenvalue weighted by molar-refractivity contribution is 0.124. The van der Waals surface area contributed by atoms with Gasteiger partial charge < -0.3 is 16.0 Å². The molecule has 4 heteroatoms. The van der Waals surface area contributed by atoms with Gasteiger partial charge in [0.1, 0.15) is 0 Å².